The summed E-state index contributed by atoms with van der Waals surface area (Å²) in [6, 6.07) is 8.40. The molecule has 0 aliphatic carbocycles. The molecule has 0 heterocycles. The van der Waals surface area contributed by atoms with Crippen LogP contribution in [0.3, 0.4) is 0 Å². The zero-order valence-electron chi connectivity index (χ0n) is 11.3. The molecule has 0 radical (unpaired) electrons. The summed E-state index contributed by atoms with van der Waals surface area (Å²) in [6.45, 7) is 0. The van der Waals surface area contributed by atoms with E-state index >= 15 is 0 Å². The summed E-state index contributed by atoms with van der Waals surface area (Å²) < 4.78 is 46.7. The van der Waals surface area contributed by atoms with E-state index < -0.39 is 30.4 Å². The minimum atomic E-state index is -5.20. The normalized spacial score (nSPS) is 10.9. The molecule has 23 heavy (non-hydrogen) atoms. The molecule has 1 N–H and O–H groups in total. The van der Waals surface area contributed by atoms with Crippen molar-refractivity contribution in [3.63, 3.8) is 0 Å². The Morgan fingerprint density at radius 2 is 1.26 bits per heavy atom. The Morgan fingerprint density at radius 3 is 1.61 bits per heavy atom. The van der Waals surface area contributed by atoms with E-state index in [1.165, 1.54) is 12.1 Å². The van der Waals surface area contributed by atoms with Crippen LogP contribution in [0.4, 0.5) is 18.4 Å². The van der Waals surface area contributed by atoms with Crippen molar-refractivity contribution in [3.8, 4) is 11.5 Å². The minimum Gasteiger partial charge on any atom is -0.419 e. The lowest BCUT2D eigenvalue weighted by molar-refractivity contribution is 0.210. The van der Waals surface area contributed by atoms with Crippen molar-refractivity contribution >= 4 is 18.8 Å². The molecule has 9 heteroatoms. The van der Waals surface area contributed by atoms with Gasteiger partial charge in [-0.1, -0.05) is 12.1 Å². The monoisotopic (exact) mass is 342 g/mol. The molecular weight excluding hydrogens is 333 g/mol. The Hall–Kier alpha value is -2.57. The summed E-state index contributed by atoms with van der Waals surface area (Å²) in [4.78, 5) is 32.8. The zero-order chi connectivity index (χ0) is 17.0. The van der Waals surface area contributed by atoms with Crippen molar-refractivity contribution in [2.75, 3.05) is 0 Å². The van der Waals surface area contributed by atoms with Gasteiger partial charge < -0.3 is 14.4 Å². The van der Waals surface area contributed by atoms with Gasteiger partial charge in [0.1, 0.15) is 23.1 Å². The Morgan fingerprint density at radius 1 is 0.870 bits per heavy atom. The Labute approximate surface area is 128 Å². The van der Waals surface area contributed by atoms with Crippen molar-refractivity contribution in [1.82, 2.24) is 0 Å². The molecule has 0 saturated heterocycles. The highest BCUT2D eigenvalue weighted by atomic mass is 31.2. The molecule has 0 aromatic heterocycles. The number of halogens is 2. The topological polar surface area (TPSA) is 89.9 Å². The van der Waals surface area contributed by atoms with Crippen LogP contribution < -0.4 is 9.47 Å². The van der Waals surface area contributed by atoms with Crippen LogP contribution in [0.25, 0.3) is 0 Å². The molecule has 2 rings (SSSR count). The van der Waals surface area contributed by atoms with Crippen LogP contribution >= 0.6 is 7.37 Å². The molecule has 0 saturated carbocycles. The maximum atomic E-state index is 12.9. The molecule has 0 unspecified atom stereocenters. The summed E-state index contributed by atoms with van der Waals surface area (Å²) in [5, 5.41) is 0. The van der Waals surface area contributed by atoms with Gasteiger partial charge in [0.2, 0.25) is 0 Å². The Kier molecular flexibility index (Phi) is 4.88. The predicted molar refractivity (Wildman–Crippen MR) is 74.7 cm³/mol. The van der Waals surface area contributed by atoms with Gasteiger partial charge in [0, 0.05) is 12.1 Å². The number of rotatable bonds is 4. The summed E-state index contributed by atoms with van der Waals surface area (Å²) in [7, 11) is -5.20. The lowest BCUT2D eigenvalue weighted by Gasteiger charge is -2.10. The van der Waals surface area contributed by atoms with Crippen LogP contribution in [0.15, 0.2) is 48.5 Å². The molecule has 0 aliphatic rings. The van der Waals surface area contributed by atoms with E-state index in [1.54, 1.807) is 0 Å². The first-order chi connectivity index (χ1) is 10.8. The van der Waals surface area contributed by atoms with Gasteiger partial charge in [0.15, 0.2) is 0 Å². The second-order valence-electron chi connectivity index (χ2n) is 4.23. The van der Waals surface area contributed by atoms with Crippen LogP contribution in [0, 0.1) is 11.6 Å². The third kappa shape index (κ3) is 4.21. The fourth-order valence-corrected chi connectivity index (χ4v) is 2.07. The molecule has 0 atom stereocenters. The van der Waals surface area contributed by atoms with Gasteiger partial charge in [0.05, 0.1) is 0 Å². The Balaban J connectivity index is 2.11. The van der Waals surface area contributed by atoms with Crippen molar-refractivity contribution < 1.29 is 37.3 Å². The van der Waals surface area contributed by atoms with E-state index in [1.807, 2.05) is 0 Å². The number of hydrogen-bond donors (Lipinski definition) is 1. The molecule has 120 valence electrons. The molecule has 0 bridgehead atoms. The lowest BCUT2D eigenvalue weighted by Crippen LogP contribution is -2.16. The smallest absolute Gasteiger partial charge is 0.411 e. The largest absolute Gasteiger partial charge is 0.419 e. The molecular formula is C14H9F2O6P. The quantitative estimate of drug-likeness (QED) is 0.847. The van der Waals surface area contributed by atoms with Gasteiger partial charge in [-0.05, 0) is 24.3 Å². The van der Waals surface area contributed by atoms with Crippen LogP contribution in [-0.2, 0) is 4.57 Å². The third-order valence-corrected chi connectivity index (χ3v) is 3.67. The second-order valence-corrected chi connectivity index (χ2v) is 6.11. The zero-order valence-corrected chi connectivity index (χ0v) is 12.2. The lowest BCUT2D eigenvalue weighted by atomic mass is 10.3. The van der Waals surface area contributed by atoms with E-state index in [2.05, 4.69) is 9.47 Å². The Bertz CT molecular complexity index is 744. The van der Waals surface area contributed by atoms with E-state index in [0.717, 1.165) is 36.4 Å². The average Bonchev–Trinajstić information content (AvgIpc) is 2.47. The van der Waals surface area contributed by atoms with Crippen LogP contribution in [0.2, 0.25) is 0 Å². The number of carbonyl (C=O) groups excluding carboxylic acids is 2. The summed E-state index contributed by atoms with van der Waals surface area (Å²) in [5.41, 5.74) is -3.60. The van der Waals surface area contributed by atoms with Crippen LogP contribution in [-0.4, -0.2) is 16.3 Å². The predicted octanol–water partition coefficient (Wildman–Crippen LogP) is 3.93. The SMILES string of the molecule is O=C(Oc1cccc(F)c1)P(=O)(O)C(=O)Oc1cccc(F)c1. The second kappa shape index (κ2) is 6.68. The van der Waals surface area contributed by atoms with Crippen molar-refractivity contribution in [1.29, 1.82) is 0 Å². The van der Waals surface area contributed by atoms with Crippen molar-refractivity contribution in [2.24, 2.45) is 0 Å². The highest BCUT2D eigenvalue weighted by Crippen LogP contribution is 2.45. The molecule has 0 fully saturated rings. The number of benzene rings is 2. The first-order valence-electron chi connectivity index (χ1n) is 6.08. The summed E-state index contributed by atoms with van der Waals surface area (Å²) in [6.07, 6.45) is 0. The summed E-state index contributed by atoms with van der Waals surface area (Å²) in [5.74, 6) is -2.21. The van der Waals surface area contributed by atoms with E-state index in [-0.39, 0.29) is 11.5 Å². The first kappa shape index (κ1) is 16.8. The molecule has 6 nitrogen and oxygen atoms in total. The van der Waals surface area contributed by atoms with Crippen LogP contribution in [0.5, 0.6) is 11.5 Å². The maximum absolute atomic E-state index is 12.9. The van der Waals surface area contributed by atoms with Gasteiger partial charge >= 0.3 is 18.8 Å². The first-order valence-corrected chi connectivity index (χ1v) is 7.73. The molecule has 0 spiro atoms. The standard InChI is InChI=1S/C14H9F2O6P/c15-9-3-1-5-11(7-9)21-13(17)23(19,20)14(18)22-12-6-2-4-10(16)8-12/h1-8H,(H,19,20). The molecule has 0 aliphatic heterocycles. The maximum Gasteiger partial charge on any atom is 0.411 e. The molecule has 2 aromatic rings. The van der Waals surface area contributed by atoms with Gasteiger partial charge in [-0.2, -0.15) is 0 Å². The van der Waals surface area contributed by atoms with E-state index in [0.29, 0.717) is 0 Å². The molecule has 0 amide bonds. The number of carbonyl (C=O) groups is 2. The molecule has 2 aromatic carbocycles. The van der Waals surface area contributed by atoms with Gasteiger partial charge in [0.25, 0.3) is 0 Å². The van der Waals surface area contributed by atoms with Crippen LogP contribution in [0.1, 0.15) is 0 Å². The van der Waals surface area contributed by atoms with Gasteiger partial charge in [-0.3, -0.25) is 4.57 Å². The number of hydrogen-bond acceptors (Lipinski definition) is 5. The van der Waals surface area contributed by atoms with E-state index in [9.17, 15) is 27.8 Å². The highest BCUT2D eigenvalue weighted by molar-refractivity contribution is 7.89. The fourth-order valence-electron chi connectivity index (χ4n) is 1.46. The average molecular weight is 342 g/mol. The van der Waals surface area contributed by atoms with Crippen molar-refractivity contribution in [3.05, 3.63) is 60.2 Å². The highest BCUT2D eigenvalue weighted by Gasteiger charge is 2.43. The van der Waals surface area contributed by atoms with Gasteiger partial charge in [-0.15, -0.1) is 0 Å². The number of ether oxygens (including phenoxy) is 2. The van der Waals surface area contributed by atoms with Gasteiger partial charge in [-0.25, -0.2) is 18.4 Å². The minimum absolute atomic E-state index is 0.358. The third-order valence-electron chi connectivity index (χ3n) is 2.50. The van der Waals surface area contributed by atoms with Crippen molar-refractivity contribution in [2.45, 2.75) is 0 Å². The summed E-state index contributed by atoms with van der Waals surface area (Å²) >= 11 is 0. The van der Waals surface area contributed by atoms with E-state index in [4.69, 9.17) is 0 Å². The fraction of sp³-hybridized carbons (Fsp3) is 0.